The van der Waals surface area contributed by atoms with Crippen molar-refractivity contribution in [3.63, 3.8) is 0 Å². The quantitative estimate of drug-likeness (QED) is 0.847. The van der Waals surface area contributed by atoms with Crippen molar-refractivity contribution >= 4 is 15.9 Å². The summed E-state index contributed by atoms with van der Waals surface area (Å²) in [4.78, 5) is 0. The maximum absolute atomic E-state index is 10.2. The van der Waals surface area contributed by atoms with Crippen LogP contribution in [0.1, 0.15) is 37.8 Å². The third-order valence-corrected chi connectivity index (χ3v) is 3.75. The molecule has 0 amide bonds. The molecule has 0 aromatic heterocycles. The van der Waals surface area contributed by atoms with Gasteiger partial charge in [0, 0.05) is 10.0 Å². The van der Waals surface area contributed by atoms with Crippen LogP contribution in [-0.4, -0.2) is 22.4 Å². The number of hydrogen-bond acceptors (Lipinski definition) is 3. The van der Waals surface area contributed by atoms with Gasteiger partial charge in [0.05, 0.1) is 12.2 Å². The van der Waals surface area contributed by atoms with Gasteiger partial charge in [0.1, 0.15) is 12.4 Å². The standard InChI is InChI=1S/C14H21BrO3/c1-4-14(17,5-2)9-18-13-10(3)6-12(15)7-11(13)8-16/h6-7,16-17H,4-5,8-9H2,1-3H3. The Balaban J connectivity index is 2.91. The van der Waals surface area contributed by atoms with E-state index in [1.54, 1.807) is 0 Å². The highest BCUT2D eigenvalue weighted by Gasteiger charge is 2.24. The van der Waals surface area contributed by atoms with E-state index < -0.39 is 5.60 Å². The molecule has 0 radical (unpaired) electrons. The zero-order valence-corrected chi connectivity index (χ0v) is 12.7. The van der Waals surface area contributed by atoms with Gasteiger partial charge >= 0.3 is 0 Å². The normalized spacial score (nSPS) is 11.7. The molecule has 0 heterocycles. The zero-order chi connectivity index (χ0) is 13.8. The summed E-state index contributed by atoms with van der Waals surface area (Å²) < 4.78 is 6.64. The minimum Gasteiger partial charge on any atom is -0.490 e. The Morgan fingerprint density at radius 1 is 1.28 bits per heavy atom. The first kappa shape index (κ1) is 15.5. The van der Waals surface area contributed by atoms with Crippen LogP contribution in [-0.2, 0) is 6.61 Å². The van der Waals surface area contributed by atoms with Crippen LogP contribution in [0.4, 0.5) is 0 Å². The summed E-state index contributed by atoms with van der Waals surface area (Å²) in [6, 6.07) is 3.77. The molecular weight excluding hydrogens is 296 g/mol. The van der Waals surface area contributed by atoms with Gasteiger partial charge in [-0.15, -0.1) is 0 Å². The smallest absolute Gasteiger partial charge is 0.127 e. The molecule has 18 heavy (non-hydrogen) atoms. The second-order valence-electron chi connectivity index (χ2n) is 4.59. The summed E-state index contributed by atoms with van der Waals surface area (Å²) in [6.45, 7) is 5.97. The van der Waals surface area contributed by atoms with E-state index >= 15 is 0 Å². The van der Waals surface area contributed by atoms with Crippen LogP contribution in [0.15, 0.2) is 16.6 Å². The lowest BCUT2D eigenvalue weighted by atomic mass is 9.99. The number of halogens is 1. The molecule has 0 spiro atoms. The van der Waals surface area contributed by atoms with Gasteiger partial charge in [-0.25, -0.2) is 0 Å². The summed E-state index contributed by atoms with van der Waals surface area (Å²) in [7, 11) is 0. The van der Waals surface area contributed by atoms with E-state index in [0.717, 1.165) is 15.6 Å². The molecule has 0 aliphatic carbocycles. The first-order valence-corrected chi connectivity index (χ1v) is 7.00. The molecule has 0 bridgehead atoms. The summed E-state index contributed by atoms with van der Waals surface area (Å²) in [5, 5.41) is 19.6. The van der Waals surface area contributed by atoms with Crippen molar-refractivity contribution in [3.8, 4) is 5.75 Å². The van der Waals surface area contributed by atoms with Crippen LogP contribution in [0.3, 0.4) is 0 Å². The van der Waals surface area contributed by atoms with E-state index in [4.69, 9.17) is 4.74 Å². The molecule has 0 saturated carbocycles. The lowest BCUT2D eigenvalue weighted by molar-refractivity contribution is -0.0120. The molecule has 2 N–H and O–H groups in total. The van der Waals surface area contributed by atoms with Crippen LogP contribution in [0.5, 0.6) is 5.75 Å². The molecule has 4 heteroatoms. The van der Waals surface area contributed by atoms with Crippen LogP contribution >= 0.6 is 15.9 Å². The van der Waals surface area contributed by atoms with Gasteiger partial charge in [0.25, 0.3) is 0 Å². The van der Waals surface area contributed by atoms with Crippen molar-refractivity contribution in [2.75, 3.05) is 6.61 Å². The number of aryl methyl sites for hydroxylation is 1. The molecule has 0 aliphatic heterocycles. The van der Waals surface area contributed by atoms with Gasteiger partial charge in [-0.2, -0.15) is 0 Å². The first-order chi connectivity index (χ1) is 8.45. The van der Waals surface area contributed by atoms with Gasteiger partial charge in [0.15, 0.2) is 0 Å². The molecule has 0 atom stereocenters. The van der Waals surface area contributed by atoms with Crippen molar-refractivity contribution in [1.29, 1.82) is 0 Å². The Morgan fingerprint density at radius 3 is 2.39 bits per heavy atom. The molecule has 1 rings (SSSR count). The number of hydrogen-bond donors (Lipinski definition) is 2. The molecule has 0 aliphatic rings. The second kappa shape index (κ2) is 6.55. The fourth-order valence-electron chi connectivity index (χ4n) is 1.78. The summed E-state index contributed by atoms with van der Waals surface area (Å²) in [5.41, 5.74) is 0.881. The molecule has 1 aromatic carbocycles. The molecule has 1 aromatic rings. The fraction of sp³-hybridized carbons (Fsp3) is 0.571. The lowest BCUT2D eigenvalue weighted by Crippen LogP contribution is -2.34. The van der Waals surface area contributed by atoms with Crippen molar-refractivity contribution in [2.45, 2.75) is 45.8 Å². The van der Waals surface area contributed by atoms with Gasteiger partial charge in [0.2, 0.25) is 0 Å². The molecule has 0 fully saturated rings. The minimum atomic E-state index is -0.799. The van der Waals surface area contributed by atoms with E-state index in [0.29, 0.717) is 18.6 Å². The molecule has 102 valence electrons. The highest BCUT2D eigenvalue weighted by molar-refractivity contribution is 9.10. The van der Waals surface area contributed by atoms with Crippen molar-refractivity contribution in [3.05, 3.63) is 27.7 Å². The Kier molecular flexibility index (Phi) is 5.63. The summed E-state index contributed by atoms with van der Waals surface area (Å²) >= 11 is 3.39. The van der Waals surface area contributed by atoms with E-state index in [-0.39, 0.29) is 13.2 Å². The first-order valence-electron chi connectivity index (χ1n) is 6.20. The molecule has 0 saturated heterocycles. The summed E-state index contributed by atoms with van der Waals surface area (Å²) in [6.07, 6.45) is 1.29. The lowest BCUT2D eigenvalue weighted by Gasteiger charge is -2.26. The zero-order valence-electron chi connectivity index (χ0n) is 11.2. The van der Waals surface area contributed by atoms with Crippen LogP contribution < -0.4 is 4.74 Å². The van der Waals surface area contributed by atoms with Gasteiger partial charge < -0.3 is 14.9 Å². The average Bonchev–Trinajstić information content (AvgIpc) is 2.36. The van der Waals surface area contributed by atoms with Crippen LogP contribution in [0.25, 0.3) is 0 Å². The largest absolute Gasteiger partial charge is 0.490 e. The molecule has 3 nitrogen and oxygen atoms in total. The third-order valence-electron chi connectivity index (χ3n) is 3.29. The van der Waals surface area contributed by atoms with E-state index in [9.17, 15) is 10.2 Å². The highest BCUT2D eigenvalue weighted by atomic mass is 79.9. The van der Waals surface area contributed by atoms with Gasteiger partial charge in [-0.1, -0.05) is 29.8 Å². The Hall–Kier alpha value is -0.580. The van der Waals surface area contributed by atoms with Crippen LogP contribution in [0.2, 0.25) is 0 Å². The molecular formula is C14H21BrO3. The van der Waals surface area contributed by atoms with Crippen LogP contribution in [0, 0.1) is 6.92 Å². The number of benzene rings is 1. The van der Waals surface area contributed by atoms with Gasteiger partial charge in [-0.3, -0.25) is 0 Å². The SMILES string of the molecule is CCC(O)(CC)COc1c(C)cc(Br)cc1CO. The monoisotopic (exact) mass is 316 g/mol. The Morgan fingerprint density at radius 2 is 1.89 bits per heavy atom. The maximum atomic E-state index is 10.2. The van der Waals surface area contributed by atoms with Crippen molar-refractivity contribution in [1.82, 2.24) is 0 Å². The predicted octanol–water partition coefficient (Wildman–Crippen LogP) is 3.18. The minimum absolute atomic E-state index is 0.0771. The van der Waals surface area contributed by atoms with E-state index in [1.165, 1.54) is 0 Å². The number of aliphatic hydroxyl groups excluding tert-OH is 1. The third kappa shape index (κ3) is 3.70. The Bertz CT molecular complexity index is 400. The molecule has 0 unspecified atom stereocenters. The summed E-state index contributed by atoms with van der Waals surface area (Å²) in [5.74, 6) is 0.668. The number of rotatable bonds is 6. The van der Waals surface area contributed by atoms with Gasteiger partial charge in [-0.05, 0) is 37.5 Å². The van der Waals surface area contributed by atoms with E-state index in [1.807, 2.05) is 32.9 Å². The number of ether oxygens (including phenoxy) is 1. The highest BCUT2D eigenvalue weighted by Crippen LogP contribution is 2.29. The Labute approximate surface area is 117 Å². The average molecular weight is 317 g/mol. The number of aliphatic hydroxyl groups is 2. The van der Waals surface area contributed by atoms with Crippen molar-refractivity contribution < 1.29 is 14.9 Å². The second-order valence-corrected chi connectivity index (χ2v) is 5.50. The topological polar surface area (TPSA) is 49.7 Å². The van der Waals surface area contributed by atoms with E-state index in [2.05, 4.69) is 15.9 Å². The predicted molar refractivity (Wildman–Crippen MR) is 75.8 cm³/mol. The fourth-order valence-corrected chi connectivity index (χ4v) is 2.40. The van der Waals surface area contributed by atoms with Crippen molar-refractivity contribution in [2.24, 2.45) is 0 Å². The maximum Gasteiger partial charge on any atom is 0.127 e.